The van der Waals surface area contributed by atoms with E-state index in [0.717, 1.165) is 40.8 Å². The molecule has 0 radical (unpaired) electrons. The lowest BCUT2D eigenvalue weighted by Crippen LogP contribution is -2.29. The summed E-state index contributed by atoms with van der Waals surface area (Å²) in [5.74, 6) is 1.26. The monoisotopic (exact) mass is 516 g/mol. The summed E-state index contributed by atoms with van der Waals surface area (Å²) >= 11 is 6.14. The van der Waals surface area contributed by atoms with E-state index in [1.807, 2.05) is 66.4 Å². The van der Waals surface area contributed by atoms with E-state index in [-0.39, 0.29) is 11.9 Å². The third kappa shape index (κ3) is 5.04. The topological polar surface area (TPSA) is 80.3 Å². The highest BCUT2D eigenvalue weighted by molar-refractivity contribution is 6.30. The first kappa shape index (κ1) is 24.8. The third-order valence-corrected chi connectivity index (χ3v) is 6.67. The average molecular weight is 517 g/mol. The van der Waals surface area contributed by atoms with E-state index in [1.165, 1.54) is 0 Å². The fourth-order valence-electron chi connectivity index (χ4n) is 4.63. The van der Waals surface area contributed by atoms with Crippen LogP contribution in [0.5, 0.6) is 11.5 Å². The second kappa shape index (κ2) is 11.0. The molecule has 1 aliphatic rings. The summed E-state index contributed by atoms with van der Waals surface area (Å²) in [5.41, 5.74) is 4.85. The van der Waals surface area contributed by atoms with E-state index in [4.69, 9.17) is 21.1 Å². The number of carbonyl (C=O) groups is 1. The molecule has 1 amide bonds. The van der Waals surface area contributed by atoms with E-state index in [0.29, 0.717) is 42.0 Å². The Hall–Kier alpha value is -3.84. The van der Waals surface area contributed by atoms with Gasteiger partial charge in [0.25, 0.3) is 5.91 Å². The van der Waals surface area contributed by atoms with Crippen LogP contribution in [0.1, 0.15) is 59.9 Å². The van der Waals surface area contributed by atoms with E-state index >= 15 is 0 Å². The minimum atomic E-state index is -0.371. The number of unbranched alkanes of at least 4 members (excludes halogenated alkanes) is 1. The van der Waals surface area contributed by atoms with E-state index in [9.17, 15) is 4.79 Å². The summed E-state index contributed by atoms with van der Waals surface area (Å²) in [5, 5.41) is 8.20. The number of benzene rings is 2. The van der Waals surface area contributed by atoms with Crippen LogP contribution >= 0.6 is 11.6 Å². The maximum Gasteiger partial charge on any atom is 0.273 e. The first-order valence-corrected chi connectivity index (χ1v) is 12.9. The zero-order chi connectivity index (χ0) is 25.8. The maximum absolute atomic E-state index is 13.7. The second-order valence-corrected chi connectivity index (χ2v) is 9.34. The molecular weight excluding hydrogens is 488 g/mol. The Morgan fingerprint density at radius 1 is 1.00 bits per heavy atom. The van der Waals surface area contributed by atoms with Gasteiger partial charge in [-0.25, -0.2) is 0 Å². The van der Waals surface area contributed by atoms with E-state index in [1.54, 1.807) is 12.4 Å². The zero-order valence-corrected chi connectivity index (χ0v) is 21.7. The SMILES string of the molecule is CCCCOc1ccc(C2c3c(-c4ccc(Cl)cc4)n[nH]c3C(=O)N2Cc2ccncc2)cc1OCC. The van der Waals surface area contributed by atoms with Gasteiger partial charge in [-0.1, -0.05) is 43.1 Å². The molecule has 0 fully saturated rings. The van der Waals surface area contributed by atoms with Gasteiger partial charge in [-0.2, -0.15) is 5.10 Å². The predicted molar refractivity (Wildman–Crippen MR) is 143 cm³/mol. The van der Waals surface area contributed by atoms with Crippen LogP contribution in [0.2, 0.25) is 5.02 Å². The summed E-state index contributed by atoms with van der Waals surface area (Å²) in [4.78, 5) is 19.7. The molecule has 2 aromatic carbocycles. The molecule has 8 heteroatoms. The largest absolute Gasteiger partial charge is 0.490 e. The van der Waals surface area contributed by atoms with Crippen molar-refractivity contribution in [2.75, 3.05) is 13.2 Å². The Kier molecular flexibility index (Phi) is 7.42. The Balaban J connectivity index is 1.60. The van der Waals surface area contributed by atoms with Crippen LogP contribution in [0.25, 0.3) is 11.3 Å². The highest BCUT2D eigenvalue weighted by Gasteiger charge is 2.42. The highest BCUT2D eigenvalue weighted by atomic mass is 35.5. The molecule has 0 aliphatic carbocycles. The van der Waals surface area contributed by atoms with Crippen molar-refractivity contribution in [3.05, 3.63) is 94.4 Å². The van der Waals surface area contributed by atoms with Gasteiger partial charge in [0.1, 0.15) is 5.69 Å². The lowest BCUT2D eigenvalue weighted by molar-refractivity contribution is 0.0729. The Morgan fingerprint density at radius 3 is 2.51 bits per heavy atom. The van der Waals surface area contributed by atoms with Crippen LogP contribution in [0, 0.1) is 0 Å². The molecule has 1 atom stereocenters. The van der Waals surface area contributed by atoms with E-state index < -0.39 is 0 Å². The molecule has 1 aliphatic heterocycles. The molecule has 0 saturated carbocycles. The smallest absolute Gasteiger partial charge is 0.273 e. The number of aromatic amines is 1. The molecular formula is C29H29ClN4O3. The zero-order valence-electron chi connectivity index (χ0n) is 20.9. The molecule has 4 aromatic rings. The Bertz CT molecular complexity index is 1370. The molecule has 1 unspecified atom stereocenters. The van der Waals surface area contributed by atoms with E-state index in [2.05, 4.69) is 22.1 Å². The van der Waals surface area contributed by atoms with Crippen LogP contribution in [0.4, 0.5) is 0 Å². The summed E-state index contributed by atoms with van der Waals surface area (Å²) < 4.78 is 12.0. The van der Waals surface area contributed by atoms with Crippen molar-refractivity contribution < 1.29 is 14.3 Å². The van der Waals surface area contributed by atoms with Crippen LogP contribution in [0.3, 0.4) is 0 Å². The number of aromatic nitrogens is 3. The lowest BCUT2D eigenvalue weighted by Gasteiger charge is -2.27. The molecule has 7 nitrogen and oxygen atoms in total. The van der Waals surface area contributed by atoms with Crippen molar-refractivity contribution in [1.29, 1.82) is 0 Å². The number of hydrogen-bond donors (Lipinski definition) is 1. The molecule has 37 heavy (non-hydrogen) atoms. The van der Waals surface area contributed by atoms with Crippen molar-refractivity contribution >= 4 is 17.5 Å². The molecule has 3 heterocycles. The first-order chi connectivity index (χ1) is 18.1. The number of carbonyl (C=O) groups excluding carboxylic acids is 1. The molecule has 190 valence electrons. The van der Waals surface area contributed by atoms with Crippen molar-refractivity contribution in [2.45, 2.75) is 39.3 Å². The number of amides is 1. The second-order valence-electron chi connectivity index (χ2n) is 8.90. The van der Waals surface area contributed by atoms with Crippen LogP contribution in [-0.2, 0) is 6.54 Å². The van der Waals surface area contributed by atoms with Gasteiger partial charge in [0, 0.05) is 35.1 Å². The number of fused-ring (bicyclic) bond motifs is 1. The van der Waals surface area contributed by atoms with Gasteiger partial charge in [-0.05, 0) is 60.9 Å². The van der Waals surface area contributed by atoms with Gasteiger partial charge in [-0.15, -0.1) is 0 Å². The quantitative estimate of drug-likeness (QED) is 0.245. The van der Waals surface area contributed by atoms with Crippen molar-refractivity contribution in [1.82, 2.24) is 20.1 Å². The van der Waals surface area contributed by atoms with Crippen molar-refractivity contribution in [3.8, 4) is 22.8 Å². The highest BCUT2D eigenvalue weighted by Crippen LogP contribution is 2.45. The van der Waals surface area contributed by atoms with Crippen LogP contribution in [-0.4, -0.2) is 39.2 Å². The molecule has 5 rings (SSSR count). The summed E-state index contributed by atoms with van der Waals surface area (Å²) in [6, 6.07) is 16.9. The number of halogens is 1. The maximum atomic E-state index is 13.7. The fourth-order valence-corrected chi connectivity index (χ4v) is 4.75. The number of pyridine rings is 1. The van der Waals surface area contributed by atoms with Crippen LogP contribution < -0.4 is 9.47 Å². The molecule has 0 spiro atoms. The Morgan fingerprint density at radius 2 is 1.78 bits per heavy atom. The van der Waals surface area contributed by atoms with Gasteiger partial charge in [0.05, 0.1) is 24.9 Å². The average Bonchev–Trinajstić information content (AvgIpc) is 3.45. The van der Waals surface area contributed by atoms with Crippen molar-refractivity contribution in [3.63, 3.8) is 0 Å². The standard InChI is InChI=1S/C29H29ClN4O3/c1-3-5-16-37-23-11-8-21(17-24(23)36-4-2)28-25-26(20-6-9-22(30)10-7-20)32-33-27(25)29(35)34(28)18-19-12-14-31-15-13-19/h6-15,17,28H,3-5,16,18H2,1-2H3,(H,32,33). The number of ether oxygens (including phenoxy) is 2. The minimum absolute atomic E-state index is 0.106. The Labute approximate surface area is 221 Å². The fraction of sp³-hybridized carbons (Fsp3) is 0.276. The minimum Gasteiger partial charge on any atom is -0.490 e. The predicted octanol–water partition coefficient (Wildman–Crippen LogP) is 6.45. The van der Waals surface area contributed by atoms with Gasteiger partial charge < -0.3 is 14.4 Å². The normalized spacial score (nSPS) is 14.6. The third-order valence-electron chi connectivity index (χ3n) is 6.42. The molecule has 1 N–H and O–H groups in total. The van der Waals surface area contributed by atoms with Gasteiger partial charge >= 0.3 is 0 Å². The first-order valence-electron chi connectivity index (χ1n) is 12.5. The molecule has 0 saturated heterocycles. The summed E-state index contributed by atoms with van der Waals surface area (Å²) in [6.45, 7) is 5.63. The van der Waals surface area contributed by atoms with Crippen molar-refractivity contribution in [2.24, 2.45) is 0 Å². The van der Waals surface area contributed by atoms with Gasteiger partial charge in [0.2, 0.25) is 0 Å². The van der Waals surface area contributed by atoms with Gasteiger partial charge in [0.15, 0.2) is 11.5 Å². The number of nitrogens with zero attached hydrogens (tertiary/aromatic N) is 3. The molecule has 2 aromatic heterocycles. The lowest BCUT2D eigenvalue weighted by atomic mass is 9.95. The number of H-pyrrole nitrogens is 1. The van der Waals surface area contributed by atoms with Crippen LogP contribution in [0.15, 0.2) is 67.0 Å². The molecule has 0 bridgehead atoms. The number of hydrogen-bond acceptors (Lipinski definition) is 5. The number of rotatable bonds is 10. The summed E-state index contributed by atoms with van der Waals surface area (Å²) in [7, 11) is 0. The summed E-state index contributed by atoms with van der Waals surface area (Å²) in [6.07, 6.45) is 5.49. The van der Waals surface area contributed by atoms with Gasteiger partial charge in [-0.3, -0.25) is 14.9 Å². The number of nitrogens with one attached hydrogen (secondary N) is 1.